The van der Waals surface area contributed by atoms with Gasteiger partial charge in [0.15, 0.2) is 5.78 Å². The molecule has 0 unspecified atom stereocenters. The Bertz CT molecular complexity index is 675. The van der Waals surface area contributed by atoms with Crippen LogP contribution in [0.4, 0.5) is 5.69 Å². The highest BCUT2D eigenvalue weighted by Gasteiger charge is 2.18. The first-order valence-electron chi connectivity index (χ1n) is 7.12. The van der Waals surface area contributed by atoms with Gasteiger partial charge < -0.3 is 9.64 Å². The highest BCUT2D eigenvalue weighted by molar-refractivity contribution is 6.14. The van der Waals surface area contributed by atoms with Crippen LogP contribution in [-0.4, -0.2) is 32.5 Å². The number of ketones is 1. The first kappa shape index (κ1) is 15.8. The van der Waals surface area contributed by atoms with Gasteiger partial charge in [-0.2, -0.15) is 0 Å². The van der Waals surface area contributed by atoms with Gasteiger partial charge in [0.2, 0.25) is 0 Å². The van der Waals surface area contributed by atoms with E-state index in [1.54, 1.807) is 43.3 Å². The maximum atomic E-state index is 12.6. The van der Waals surface area contributed by atoms with Crippen molar-refractivity contribution in [2.45, 2.75) is 6.92 Å². The van der Waals surface area contributed by atoms with Crippen molar-refractivity contribution in [3.8, 4) is 0 Å². The lowest BCUT2D eigenvalue weighted by atomic mass is 9.98. The van der Waals surface area contributed by atoms with Crippen LogP contribution in [0.3, 0.4) is 0 Å². The molecule has 0 aliphatic carbocycles. The highest BCUT2D eigenvalue weighted by Crippen LogP contribution is 2.18. The molecule has 0 aromatic heterocycles. The number of anilines is 1. The second-order valence-corrected chi connectivity index (χ2v) is 5.04. The van der Waals surface area contributed by atoms with Gasteiger partial charge in [0, 0.05) is 30.9 Å². The van der Waals surface area contributed by atoms with Crippen LogP contribution < -0.4 is 4.90 Å². The van der Waals surface area contributed by atoms with Crippen molar-refractivity contribution in [2.75, 3.05) is 25.6 Å². The van der Waals surface area contributed by atoms with Gasteiger partial charge in [0.05, 0.1) is 12.2 Å². The Morgan fingerprint density at radius 3 is 2.09 bits per heavy atom. The van der Waals surface area contributed by atoms with Crippen LogP contribution in [0.2, 0.25) is 0 Å². The molecular formula is C18H19NO3. The van der Waals surface area contributed by atoms with E-state index < -0.39 is 5.97 Å². The molecule has 0 N–H and O–H groups in total. The molecule has 0 amide bonds. The molecule has 0 atom stereocenters. The van der Waals surface area contributed by atoms with Crippen LogP contribution in [0.15, 0.2) is 48.5 Å². The standard InChI is InChI=1S/C18H19NO3/c1-4-22-18(21)16-8-6-5-7-15(16)17(20)13-9-11-14(12-10-13)19(2)3/h5-12H,4H2,1-3H3. The molecule has 4 heteroatoms. The van der Waals surface area contributed by atoms with E-state index in [2.05, 4.69) is 0 Å². The zero-order valence-corrected chi connectivity index (χ0v) is 13.0. The average Bonchev–Trinajstić information content (AvgIpc) is 2.54. The normalized spacial score (nSPS) is 10.1. The maximum absolute atomic E-state index is 12.6. The molecule has 22 heavy (non-hydrogen) atoms. The second kappa shape index (κ2) is 6.89. The quantitative estimate of drug-likeness (QED) is 0.628. The van der Waals surface area contributed by atoms with E-state index in [0.29, 0.717) is 16.7 Å². The van der Waals surface area contributed by atoms with Crippen LogP contribution in [0.25, 0.3) is 0 Å². The first-order chi connectivity index (χ1) is 10.5. The lowest BCUT2D eigenvalue weighted by molar-refractivity contribution is 0.0523. The van der Waals surface area contributed by atoms with Gasteiger partial charge in [-0.25, -0.2) is 4.79 Å². The van der Waals surface area contributed by atoms with Crippen molar-refractivity contribution in [3.05, 3.63) is 65.2 Å². The number of ether oxygens (including phenoxy) is 1. The third kappa shape index (κ3) is 3.34. The monoisotopic (exact) mass is 297 g/mol. The average molecular weight is 297 g/mol. The van der Waals surface area contributed by atoms with Gasteiger partial charge in [0.1, 0.15) is 0 Å². The van der Waals surface area contributed by atoms with E-state index in [9.17, 15) is 9.59 Å². The summed E-state index contributed by atoms with van der Waals surface area (Å²) in [6, 6.07) is 14.0. The Morgan fingerprint density at radius 1 is 0.955 bits per heavy atom. The molecule has 0 fully saturated rings. The number of esters is 1. The smallest absolute Gasteiger partial charge is 0.338 e. The molecule has 0 aliphatic rings. The third-order valence-corrected chi connectivity index (χ3v) is 3.31. The number of hydrogen-bond acceptors (Lipinski definition) is 4. The summed E-state index contributed by atoms with van der Waals surface area (Å²) in [5.41, 5.74) is 2.21. The molecule has 0 radical (unpaired) electrons. The molecule has 114 valence electrons. The summed E-state index contributed by atoms with van der Waals surface area (Å²) in [6.07, 6.45) is 0. The Labute approximate surface area is 130 Å². The molecule has 0 saturated heterocycles. The second-order valence-electron chi connectivity index (χ2n) is 5.04. The van der Waals surface area contributed by atoms with Gasteiger partial charge >= 0.3 is 5.97 Å². The van der Waals surface area contributed by atoms with Crippen LogP contribution in [0, 0.1) is 0 Å². The fourth-order valence-corrected chi connectivity index (χ4v) is 2.13. The summed E-state index contributed by atoms with van der Waals surface area (Å²) in [4.78, 5) is 26.6. The summed E-state index contributed by atoms with van der Waals surface area (Å²) >= 11 is 0. The van der Waals surface area contributed by atoms with E-state index in [0.717, 1.165) is 5.69 Å². The molecule has 4 nitrogen and oxygen atoms in total. The number of hydrogen-bond donors (Lipinski definition) is 0. The number of rotatable bonds is 5. The van der Waals surface area contributed by atoms with Gasteiger partial charge in [-0.1, -0.05) is 18.2 Å². The summed E-state index contributed by atoms with van der Waals surface area (Å²) < 4.78 is 5.01. The van der Waals surface area contributed by atoms with E-state index >= 15 is 0 Å². The molecule has 0 aliphatic heterocycles. The van der Waals surface area contributed by atoms with Gasteiger partial charge in [-0.15, -0.1) is 0 Å². The van der Waals surface area contributed by atoms with Crippen LogP contribution in [0.1, 0.15) is 33.2 Å². The fraction of sp³-hybridized carbons (Fsp3) is 0.222. The Balaban J connectivity index is 2.35. The number of benzene rings is 2. The Kier molecular flexibility index (Phi) is 4.94. The Morgan fingerprint density at radius 2 is 1.55 bits per heavy atom. The fourth-order valence-electron chi connectivity index (χ4n) is 2.13. The van der Waals surface area contributed by atoms with Crippen molar-refractivity contribution in [2.24, 2.45) is 0 Å². The number of carbonyl (C=O) groups is 2. The summed E-state index contributed by atoms with van der Waals surface area (Å²) in [5.74, 6) is -0.662. The number of nitrogens with zero attached hydrogens (tertiary/aromatic N) is 1. The highest BCUT2D eigenvalue weighted by atomic mass is 16.5. The Hall–Kier alpha value is -2.62. The molecular weight excluding hydrogens is 278 g/mol. The SMILES string of the molecule is CCOC(=O)c1ccccc1C(=O)c1ccc(N(C)C)cc1. The summed E-state index contributed by atoms with van der Waals surface area (Å²) in [7, 11) is 3.87. The van der Waals surface area contributed by atoms with Crippen molar-refractivity contribution in [1.82, 2.24) is 0 Å². The predicted molar refractivity (Wildman–Crippen MR) is 86.6 cm³/mol. The third-order valence-electron chi connectivity index (χ3n) is 3.31. The lowest BCUT2D eigenvalue weighted by Crippen LogP contribution is -2.13. The molecule has 0 saturated carbocycles. The lowest BCUT2D eigenvalue weighted by Gasteiger charge is -2.13. The van der Waals surface area contributed by atoms with Crippen LogP contribution in [-0.2, 0) is 4.74 Å². The first-order valence-corrected chi connectivity index (χ1v) is 7.12. The van der Waals surface area contributed by atoms with Crippen LogP contribution >= 0.6 is 0 Å². The molecule has 2 aromatic rings. The summed E-state index contributed by atoms with van der Waals surface area (Å²) in [6.45, 7) is 2.02. The minimum absolute atomic E-state index is 0.186. The molecule has 2 rings (SSSR count). The van der Waals surface area contributed by atoms with E-state index in [4.69, 9.17) is 4.74 Å². The predicted octanol–water partition coefficient (Wildman–Crippen LogP) is 3.16. The van der Waals surface area contributed by atoms with Crippen molar-refractivity contribution < 1.29 is 14.3 Å². The van der Waals surface area contributed by atoms with Crippen molar-refractivity contribution in [1.29, 1.82) is 0 Å². The zero-order valence-electron chi connectivity index (χ0n) is 13.0. The minimum Gasteiger partial charge on any atom is -0.462 e. The minimum atomic E-state index is -0.476. The van der Waals surface area contributed by atoms with Gasteiger partial charge in [-0.05, 0) is 37.3 Å². The van der Waals surface area contributed by atoms with E-state index in [1.807, 2.05) is 31.1 Å². The van der Waals surface area contributed by atoms with Crippen LogP contribution in [0.5, 0.6) is 0 Å². The molecule has 2 aromatic carbocycles. The molecule has 0 bridgehead atoms. The largest absolute Gasteiger partial charge is 0.462 e. The van der Waals surface area contributed by atoms with E-state index in [1.165, 1.54) is 0 Å². The van der Waals surface area contributed by atoms with Gasteiger partial charge in [0.25, 0.3) is 0 Å². The topological polar surface area (TPSA) is 46.6 Å². The zero-order chi connectivity index (χ0) is 16.1. The maximum Gasteiger partial charge on any atom is 0.338 e. The van der Waals surface area contributed by atoms with Crippen molar-refractivity contribution in [3.63, 3.8) is 0 Å². The van der Waals surface area contributed by atoms with Crippen molar-refractivity contribution >= 4 is 17.4 Å². The van der Waals surface area contributed by atoms with Gasteiger partial charge in [-0.3, -0.25) is 4.79 Å². The number of carbonyl (C=O) groups excluding carboxylic acids is 2. The molecule has 0 heterocycles. The van der Waals surface area contributed by atoms with E-state index in [-0.39, 0.29) is 12.4 Å². The summed E-state index contributed by atoms with van der Waals surface area (Å²) in [5, 5.41) is 0. The molecule has 0 spiro atoms.